The highest BCUT2D eigenvalue weighted by atomic mass is 16.5. The molecule has 1 heterocycles. The highest BCUT2D eigenvalue weighted by Gasteiger charge is 2.25. The zero-order valence-electron chi connectivity index (χ0n) is 17.6. The fourth-order valence-corrected chi connectivity index (χ4v) is 4.05. The molecule has 1 atom stereocenters. The monoisotopic (exact) mass is 402 g/mol. The van der Waals surface area contributed by atoms with Crippen LogP contribution in [-0.2, 0) is 22.4 Å². The number of nitrogens with zero attached hydrogens (tertiary/aromatic N) is 1. The molecule has 0 fully saturated rings. The SMILES string of the molecule is Cc1ccc([C@@H](C)NC(=O)COC(=O)c2c3c(nc4ccccc24)CCC3)cc1C. The van der Waals surface area contributed by atoms with Crippen LogP contribution in [0, 0.1) is 13.8 Å². The average Bonchev–Trinajstić information content (AvgIpc) is 3.20. The normalized spacial score (nSPS) is 13.7. The maximum absolute atomic E-state index is 12.9. The van der Waals surface area contributed by atoms with Crippen molar-refractivity contribution in [1.82, 2.24) is 10.3 Å². The number of para-hydroxylation sites is 1. The summed E-state index contributed by atoms with van der Waals surface area (Å²) in [7, 11) is 0. The summed E-state index contributed by atoms with van der Waals surface area (Å²) in [5.74, 6) is -0.773. The Morgan fingerprint density at radius 3 is 2.70 bits per heavy atom. The summed E-state index contributed by atoms with van der Waals surface area (Å²) < 4.78 is 5.42. The number of carbonyl (C=O) groups excluding carboxylic acids is 2. The number of hydrogen-bond donors (Lipinski definition) is 1. The molecule has 0 bridgehead atoms. The molecule has 1 aliphatic carbocycles. The molecule has 5 nitrogen and oxygen atoms in total. The number of fused-ring (bicyclic) bond motifs is 2. The average molecular weight is 402 g/mol. The van der Waals surface area contributed by atoms with E-state index in [2.05, 4.69) is 18.3 Å². The lowest BCUT2D eigenvalue weighted by molar-refractivity contribution is -0.124. The molecule has 3 aromatic rings. The number of amides is 1. The summed E-state index contributed by atoms with van der Waals surface area (Å²) in [6, 6.07) is 13.5. The number of ether oxygens (including phenoxy) is 1. The Balaban J connectivity index is 1.46. The first-order valence-corrected chi connectivity index (χ1v) is 10.4. The molecular formula is C25H26N2O3. The molecule has 0 spiro atoms. The molecule has 5 heteroatoms. The van der Waals surface area contributed by atoms with Crippen molar-refractivity contribution in [2.24, 2.45) is 0 Å². The van der Waals surface area contributed by atoms with E-state index in [9.17, 15) is 9.59 Å². The van der Waals surface area contributed by atoms with Gasteiger partial charge in [-0.05, 0) is 68.4 Å². The van der Waals surface area contributed by atoms with Gasteiger partial charge in [-0.2, -0.15) is 0 Å². The highest BCUT2D eigenvalue weighted by Crippen LogP contribution is 2.30. The summed E-state index contributed by atoms with van der Waals surface area (Å²) >= 11 is 0. The third kappa shape index (κ3) is 3.92. The smallest absolute Gasteiger partial charge is 0.339 e. The molecule has 4 rings (SSSR count). The quantitative estimate of drug-likeness (QED) is 0.643. The van der Waals surface area contributed by atoms with Gasteiger partial charge in [0, 0.05) is 11.1 Å². The topological polar surface area (TPSA) is 68.3 Å². The van der Waals surface area contributed by atoms with Crippen LogP contribution in [-0.4, -0.2) is 23.5 Å². The van der Waals surface area contributed by atoms with Crippen molar-refractivity contribution in [3.8, 4) is 0 Å². The Hall–Kier alpha value is -3.21. The van der Waals surface area contributed by atoms with E-state index >= 15 is 0 Å². The van der Waals surface area contributed by atoms with Gasteiger partial charge in [-0.3, -0.25) is 9.78 Å². The minimum Gasteiger partial charge on any atom is -0.452 e. The second kappa shape index (κ2) is 8.27. The Morgan fingerprint density at radius 1 is 1.10 bits per heavy atom. The van der Waals surface area contributed by atoms with Gasteiger partial charge in [0.05, 0.1) is 17.1 Å². The number of aromatic nitrogens is 1. The Labute approximate surface area is 176 Å². The van der Waals surface area contributed by atoms with Gasteiger partial charge in [-0.1, -0.05) is 36.4 Å². The highest BCUT2D eigenvalue weighted by molar-refractivity contribution is 6.05. The number of hydrogen-bond acceptors (Lipinski definition) is 4. The van der Waals surface area contributed by atoms with Crippen LogP contribution < -0.4 is 5.32 Å². The predicted octanol–water partition coefficient (Wildman–Crippen LogP) is 4.37. The van der Waals surface area contributed by atoms with Gasteiger partial charge in [0.1, 0.15) is 0 Å². The van der Waals surface area contributed by atoms with Gasteiger partial charge in [-0.25, -0.2) is 4.79 Å². The Bertz CT molecular complexity index is 1140. The zero-order valence-corrected chi connectivity index (χ0v) is 17.6. The molecule has 1 aliphatic rings. The molecule has 1 amide bonds. The van der Waals surface area contributed by atoms with E-state index in [4.69, 9.17) is 9.72 Å². The van der Waals surface area contributed by atoms with Gasteiger partial charge < -0.3 is 10.1 Å². The Kier molecular flexibility index (Phi) is 5.53. The number of nitrogens with one attached hydrogen (secondary N) is 1. The van der Waals surface area contributed by atoms with Crippen molar-refractivity contribution in [3.05, 3.63) is 76.0 Å². The molecule has 0 radical (unpaired) electrons. The van der Waals surface area contributed by atoms with Crippen LogP contribution in [0.3, 0.4) is 0 Å². The van der Waals surface area contributed by atoms with E-state index in [1.807, 2.05) is 50.2 Å². The van der Waals surface area contributed by atoms with E-state index in [0.29, 0.717) is 5.56 Å². The standard InChI is InChI=1S/C25H26N2O3/c1-15-11-12-18(13-16(15)2)17(3)26-23(28)14-30-25(29)24-19-7-4-5-9-21(19)27-22-10-6-8-20(22)24/h4-5,7,9,11-13,17H,6,8,10,14H2,1-3H3,(H,26,28)/t17-/m1/s1. The van der Waals surface area contributed by atoms with Crippen LogP contribution in [0.15, 0.2) is 42.5 Å². The minimum atomic E-state index is -0.458. The van der Waals surface area contributed by atoms with Crippen LogP contribution in [0.2, 0.25) is 0 Å². The van der Waals surface area contributed by atoms with Crippen LogP contribution in [0.25, 0.3) is 10.9 Å². The van der Waals surface area contributed by atoms with Gasteiger partial charge in [0.25, 0.3) is 5.91 Å². The molecular weight excluding hydrogens is 376 g/mol. The summed E-state index contributed by atoms with van der Waals surface area (Å²) in [6.45, 7) is 5.72. The van der Waals surface area contributed by atoms with Crippen molar-refractivity contribution in [1.29, 1.82) is 0 Å². The van der Waals surface area contributed by atoms with Crippen LogP contribution in [0.4, 0.5) is 0 Å². The number of benzene rings is 2. The largest absolute Gasteiger partial charge is 0.452 e. The lowest BCUT2D eigenvalue weighted by atomic mass is 10.0. The fraction of sp³-hybridized carbons (Fsp3) is 0.320. The fourth-order valence-electron chi connectivity index (χ4n) is 4.05. The van der Waals surface area contributed by atoms with Crippen LogP contribution in [0.1, 0.15) is 57.7 Å². The van der Waals surface area contributed by atoms with Gasteiger partial charge >= 0.3 is 5.97 Å². The molecule has 1 aromatic heterocycles. The van der Waals surface area contributed by atoms with Crippen LogP contribution in [0.5, 0.6) is 0 Å². The molecule has 0 unspecified atom stereocenters. The molecule has 0 saturated carbocycles. The van der Waals surface area contributed by atoms with Crippen molar-refractivity contribution >= 4 is 22.8 Å². The second-order valence-corrected chi connectivity index (χ2v) is 7.99. The van der Waals surface area contributed by atoms with E-state index in [1.54, 1.807) is 0 Å². The van der Waals surface area contributed by atoms with Crippen molar-refractivity contribution in [3.63, 3.8) is 0 Å². The first-order chi connectivity index (χ1) is 14.4. The summed E-state index contributed by atoms with van der Waals surface area (Å²) in [6.07, 6.45) is 2.66. The third-order valence-corrected chi connectivity index (χ3v) is 5.87. The predicted molar refractivity (Wildman–Crippen MR) is 117 cm³/mol. The van der Waals surface area contributed by atoms with Crippen LogP contribution >= 0.6 is 0 Å². The summed E-state index contributed by atoms with van der Waals surface area (Å²) in [5, 5.41) is 3.69. The Morgan fingerprint density at radius 2 is 1.90 bits per heavy atom. The minimum absolute atomic E-state index is 0.165. The second-order valence-electron chi connectivity index (χ2n) is 7.99. The van der Waals surface area contributed by atoms with Crippen molar-refractivity contribution in [2.75, 3.05) is 6.61 Å². The number of esters is 1. The van der Waals surface area contributed by atoms with Gasteiger partial charge in [0.15, 0.2) is 6.61 Å². The molecule has 30 heavy (non-hydrogen) atoms. The number of rotatable bonds is 5. The lowest BCUT2D eigenvalue weighted by Crippen LogP contribution is -2.31. The first-order valence-electron chi connectivity index (χ1n) is 10.4. The van der Waals surface area contributed by atoms with E-state index in [-0.39, 0.29) is 18.6 Å². The maximum atomic E-state index is 12.9. The lowest BCUT2D eigenvalue weighted by Gasteiger charge is -2.16. The van der Waals surface area contributed by atoms with Gasteiger partial charge in [-0.15, -0.1) is 0 Å². The molecule has 154 valence electrons. The molecule has 0 aliphatic heterocycles. The number of carbonyl (C=O) groups is 2. The molecule has 0 saturated heterocycles. The van der Waals surface area contributed by atoms with E-state index < -0.39 is 5.97 Å². The summed E-state index contributed by atoms with van der Waals surface area (Å²) in [4.78, 5) is 30.0. The summed E-state index contributed by atoms with van der Waals surface area (Å²) in [5.41, 5.74) is 6.69. The molecule has 1 N–H and O–H groups in total. The zero-order chi connectivity index (χ0) is 21.3. The van der Waals surface area contributed by atoms with Crippen molar-refractivity contribution < 1.29 is 14.3 Å². The number of pyridine rings is 1. The van der Waals surface area contributed by atoms with E-state index in [0.717, 1.165) is 47.0 Å². The molecule has 2 aromatic carbocycles. The van der Waals surface area contributed by atoms with Crippen molar-refractivity contribution in [2.45, 2.75) is 46.1 Å². The number of aryl methyl sites for hydroxylation is 3. The first kappa shape index (κ1) is 20.1. The maximum Gasteiger partial charge on any atom is 0.339 e. The van der Waals surface area contributed by atoms with E-state index in [1.165, 1.54) is 11.1 Å². The van der Waals surface area contributed by atoms with Gasteiger partial charge in [0.2, 0.25) is 0 Å². The third-order valence-electron chi connectivity index (χ3n) is 5.87.